The van der Waals surface area contributed by atoms with Gasteiger partial charge < -0.3 is 30.1 Å². The van der Waals surface area contributed by atoms with Crippen molar-refractivity contribution < 1.29 is 42.2 Å². The van der Waals surface area contributed by atoms with Gasteiger partial charge in [-0.25, -0.2) is 23.2 Å². The number of carbonyl (C=O) groups is 4. The molecule has 2 aliphatic carbocycles. The Hall–Kier alpha value is -4.47. The fourth-order valence-corrected chi connectivity index (χ4v) is 7.52. The Labute approximate surface area is 291 Å². The summed E-state index contributed by atoms with van der Waals surface area (Å²) in [5.74, 6) is -2.15. The number of amides is 4. The topological polar surface area (TPSA) is 206 Å². The van der Waals surface area contributed by atoms with Crippen LogP contribution < -0.4 is 24.8 Å². The molecule has 2 aromatic rings. The van der Waals surface area contributed by atoms with E-state index in [1.54, 1.807) is 45.9 Å². The van der Waals surface area contributed by atoms with Crippen LogP contribution in [0.15, 0.2) is 30.9 Å². The Morgan fingerprint density at radius 3 is 2.36 bits per heavy atom. The molecule has 5 rings (SSSR count). The molecule has 50 heavy (non-hydrogen) atoms. The number of sulfonamides is 1. The van der Waals surface area contributed by atoms with Crippen LogP contribution in [0.2, 0.25) is 0 Å². The van der Waals surface area contributed by atoms with Gasteiger partial charge in [0.05, 0.1) is 29.4 Å². The summed E-state index contributed by atoms with van der Waals surface area (Å²) in [4.78, 5) is 64.3. The first-order valence-corrected chi connectivity index (χ1v) is 18.1. The molecule has 2 saturated carbocycles. The first kappa shape index (κ1) is 36.8. The number of fused-ring (bicyclic) bond motifs is 1. The van der Waals surface area contributed by atoms with E-state index < -0.39 is 73.6 Å². The number of nitrogens with zero attached hydrogens (tertiary/aromatic N) is 3. The van der Waals surface area contributed by atoms with E-state index in [1.165, 1.54) is 18.1 Å². The molecule has 4 amide bonds. The third-order valence-corrected chi connectivity index (χ3v) is 12.0. The van der Waals surface area contributed by atoms with Crippen molar-refractivity contribution in [2.75, 3.05) is 13.7 Å². The van der Waals surface area contributed by atoms with E-state index in [0.717, 1.165) is 0 Å². The lowest BCUT2D eigenvalue weighted by atomic mass is 9.85. The van der Waals surface area contributed by atoms with Gasteiger partial charge in [0.2, 0.25) is 27.7 Å². The number of nitrogens with one attached hydrogen (secondary N) is 3. The number of methoxy groups -OCH3 is 1. The molecule has 0 radical (unpaired) electrons. The van der Waals surface area contributed by atoms with Crippen molar-refractivity contribution in [2.45, 2.75) is 102 Å². The molecular formula is C34H46N6O9S. The third kappa shape index (κ3) is 7.07. The second-order valence-electron chi connectivity index (χ2n) is 15.0. The Morgan fingerprint density at radius 2 is 1.82 bits per heavy atom. The minimum Gasteiger partial charge on any atom is -0.497 e. The average Bonchev–Trinajstić information content (AvgIpc) is 3.92. The molecule has 3 fully saturated rings. The zero-order valence-electron chi connectivity index (χ0n) is 29.4. The van der Waals surface area contributed by atoms with Crippen LogP contribution >= 0.6 is 0 Å². The number of carboxylic acid groups (broad SMARTS) is 1. The van der Waals surface area contributed by atoms with Crippen LogP contribution in [0.4, 0.5) is 4.79 Å². The fraction of sp³-hybridized carbons (Fsp3) is 0.588. The zero-order chi connectivity index (χ0) is 37.0. The molecule has 15 nitrogen and oxygen atoms in total. The molecule has 2 heterocycles. The summed E-state index contributed by atoms with van der Waals surface area (Å²) in [6.45, 7) is 14.1. The second kappa shape index (κ2) is 13.0. The standard InChI is InChI=1S/C34H46N6O9S/c1-9-19-16-34(19,30(43)39-50(46,47)33(7)12-13-33)38-27(41)24-15-21(17-40(24)29(42)26(32(4,5)6)37-31(44)45)49-28-25(18(2)3)35-22-11-10-20(48-8)14-23(22)36-28/h9-11,14,18-19,21,24,26,37H,1,12-13,15-17H2,2-8H3,(H,38,41)(H,39,43)(H,44,45)/t19-,21-,24+,26?,34-/m1/s1. The SMILES string of the molecule is C=C[C@@H]1C[C@]1(NC(=O)[C@@H]1C[C@@H](Oc2nc3cc(OC)ccc3nc2C(C)C)CN1C(=O)C(NC(=O)O)C(C)(C)C)C(=O)NS(=O)(=O)C1(C)CC1. The Balaban J connectivity index is 1.47. The average molecular weight is 715 g/mol. The van der Waals surface area contributed by atoms with Crippen molar-refractivity contribution in [3.8, 4) is 11.6 Å². The fourth-order valence-electron chi connectivity index (χ4n) is 6.21. The Morgan fingerprint density at radius 1 is 1.14 bits per heavy atom. The minimum atomic E-state index is -4.01. The zero-order valence-corrected chi connectivity index (χ0v) is 30.2. The van der Waals surface area contributed by atoms with E-state index in [2.05, 4.69) is 21.9 Å². The molecule has 1 saturated heterocycles. The molecule has 4 N–H and O–H groups in total. The summed E-state index contributed by atoms with van der Waals surface area (Å²) in [6, 6.07) is 2.82. The highest BCUT2D eigenvalue weighted by Crippen LogP contribution is 2.47. The van der Waals surface area contributed by atoms with Gasteiger partial charge in [0, 0.05) is 24.3 Å². The number of ether oxygens (including phenoxy) is 2. The maximum Gasteiger partial charge on any atom is 0.405 e. The van der Waals surface area contributed by atoms with Gasteiger partial charge in [0.15, 0.2) is 0 Å². The number of hydrogen-bond donors (Lipinski definition) is 4. The summed E-state index contributed by atoms with van der Waals surface area (Å²) < 4.78 is 38.7. The number of benzene rings is 1. The normalized spacial score (nSPS) is 24.6. The van der Waals surface area contributed by atoms with Crippen molar-refractivity contribution in [2.24, 2.45) is 11.3 Å². The summed E-state index contributed by atoms with van der Waals surface area (Å²) in [7, 11) is -2.47. The number of hydrogen-bond acceptors (Lipinski definition) is 10. The first-order valence-electron chi connectivity index (χ1n) is 16.6. The van der Waals surface area contributed by atoms with Gasteiger partial charge >= 0.3 is 6.09 Å². The highest BCUT2D eigenvalue weighted by Gasteiger charge is 2.63. The van der Waals surface area contributed by atoms with E-state index >= 15 is 0 Å². The highest BCUT2D eigenvalue weighted by molar-refractivity contribution is 7.91. The van der Waals surface area contributed by atoms with E-state index in [1.807, 2.05) is 13.8 Å². The van der Waals surface area contributed by atoms with Gasteiger partial charge in [0.25, 0.3) is 5.91 Å². The van der Waals surface area contributed by atoms with Crippen molar-refractivity contribution in [3.05, 3.63) is 36.5 Å². The second-order valence-corrected chi connectivity index (χ2v) is 17.2. The van der Waals surface area contributed by atoms with Crippen LogP contribution in [-0.4, -0.2) is 94.3 Å². The van der Waals surface area contributed by atoms with Crippen LogP contribution in [0.25, 0.3) is 11.0 Å². The summed E-state index contributed by atoms with van der Waals surface area (Å²) in [5, 5.41) is 14.6. The Bertz CT molecular complexity index is 1840. The van der Waals surface area contributed by atoms with Crippen molar-refractivity contribution >= 4 is 44.9 Å². The van der Waals surface area contributed by atoms with Crippen LogP contribution in [-0.2, 0) is 24.4 Å². The molecule has 3 aliphatic rings. The lowest BCUT2D eigenvalue weighted by Gasteiger charge is -2.35. The van der Waals surface area contributed by atoms with Crippen molar-refractivity contribution in [1.29, 1.82) is 0 Å². The number of aromatic nitrogens is 2. The van der Waals surface area contributed by atoms with E-state index in [9.17, 15) is 32.7 Å². The van der Waals surface area contributed by atoms with Gasteiger partial charge in [-0.1, -0.05) is 40.7 Å². The van der Waals surface area contributed by atoms with Crippen LogP contribution in [0.5, 0.6) is 11.6 Å². The quantitative estimate of drug-likeness (QED) is 0.235. The molecule has 1 unspecified atom stereocenters. The lowest BCUT2D eigenvalue weighted by molar-refractivity contribution is -0.142. The minimum absolute atomic E-state index is 0.0380. The maximum absolute atomic E-state index is 14.2. The van der Waals surface area contributed by atoms with E-state index in [4.69, 9.17) is 19.4 Å². The van der Waals surface area contributed by atoms with Gasteiger partial charge in [-0.3, -0.25) is 19.1 Å². The van der Waals surface area contributed by atoms with Crippen LogP contribution in [0.1, 0.15) is 78.8 Å². The van der Waals surface area contributed by atoms with Gasteiger partial charge in [-0.15, -0.1) is 6.58 Å². The van der Waals surface area contributed by atoms with Crippen molar-refractivity contribution in [3.63, 3.8) is 0 Å². The molecule has 1 aromatic heterocycles. The van der Waals surface area contributed by atoms with Crippen LogP contribution in [0.3, 0.4) is 0 Å². The number of likely N-dealkylation sites (tertiary alicyclic amines) is 1. The molecule has 272 valence electrons. The van der Waals surface area contributed by atoms with E-state index in [0.29, 0.717) is 35.3 Å². The van der Waals surface area contributed by atoms with Gasteiger partial charge in [-0.05, 0) is 43.7 Å². The first-order chi connectivity index (χ1) is 23.2. The third-order valence-electron chi connectivity index (χ3n) is 9.80. The molecule has 0 bridgehead atoms. The predicted molar refractivity (Wildman–Crippen MR) is 183 cm³/mol. The summed E-state index contributed by atoms with van der Waals surface area (Å²) in [5.41, 5.74) is -0.794. The highest BCUT2D eigenvalue weighted by atomic mass is 32.2. The van der Waals surface area contributed by atoms with Gasteiger partial charge in [-0.2, -0.15) is 0 Å². The molecular weight excluding hydrogens is 668 g/mol. The van der Waals surface area contributed by atoms with E-state index in [-0.39, 0.29) is 31.2 Å². The lowest BCUT2D eigenvalue weighted by Crippen LogP contribution is -2.60. The van der Waals surface area contributed by atoms with Crippen LogP contribution in [0, 0.1) is 11.3 Å². The van der Waals surface area contributed by atoms with Gasteiger partial charge in [0.1, 0.15) is 35.2 Å². The molecule has 5 atom stereocenters. The molecule has 1 aliphatic heterocycles. The molecule has 0 spiro atoms. The Kier molecular flexibility index (Phi) is 9.58. The largest absolute Gasteiger partial charge is 0.497 e. The van der Waals surface area contributed by atoms with Crippen molar-refractivity contribution in [1.82, 2.24) is 30.2 Å². The number of rotatable bonds is 12. The smallest absolute Gasteiger partial charge is 0.405 e. The molecule has 1 aromatic carbocycles. The molecule has 16 heteroatoms. The summed E-state index contributed by atoms with van der Waals surface area (Å²) in [6.07, 6.45) is 0.166. The summed E-state index contributed by atoms with van der Waals surface area (Å²) >= 11 is 0. The number of carbonyl (C=O) groups excluding carboxylic acids is 3. The maximum atomic E-state index is 14.2. The monoisotopic (exact) mass is 714 g/mol. The predicted octanol–water partition coefficient (Wildman–Crippen LogP) is 2.85.